The molecule has 5 fully saturated rings. The largest absolute Gasteiger partial charge is 0.480 e. The molecule has 1 spiro atoms. The molecule has 1 saturated heterocycles. The number of thiazole rings is 1. The number of amidine groups is 2. The Kier molecular flexibility index (Phi) is 10.3. The molecule has 4 aliphatic carbocycles. The van der Waals surface area contributed by atoms with Gasteiger partial charge in [-0.25, -0.2) is 14.4 Å². The van der Waals surface area contributed by atoms with Gasteiger partial charge in [0.2, 0.25) is 5.13 Å². The number of benzene rings is 1. The molecule has 3 heterocycles. The fraction of sp³-hybridized carbons (Fsp3) is 0.535. The molecule has 2 aliphatic heterocycles. The molecule has 8 rings (SSSR count). The number of nitrogens with zero attached hydrogens (tertiary/aromatic N) is 4. The molecule has 2 unspecified atom stereocenters. The summed E-state index contributed by atoms with van der Waals surface area (Å²) in [5.41, 5.74) is 16.6. The lowest BCUT2D eigenvalue weighted by molar-refractivity contribution is -0.565. The number of likely N-dealkylation sites (tertiary alicyclic amines) is 1. The first-order valence-corrected chi connectivity index (χ1v) is 21.2. The van der Waals surface area contributed by atoms with E-state index in [0.29, 0.717) is 94.8 Å². The summed E-state index contributed by atoms with van der Waals surface area (Å²) < 4.78 is 21.4. The molecule has 11 N–H and O–H groups in total. The lowest BCUT2D eigenvalue weighted by atomic mass is 9.03. The van der Waals surface area contributed by atoms with Gasteiger partial charge in [-0.3, -0.25) is 10.4 Å². The molecule has 6 aliphatic rings. The van der Waals surface area contributed by atoms with Crippen LogP contribution in [0.15, 0.2) is 86.3 Å². The van der Waals surface area contributed by atoms with Crippen LogP contribution in [0, 0.1) is 38.8 Å². The van der Waals surface area contributed by atoms with Crippen LogP contribution in [0.2, 0.25) is 0 Å². The van der Waals surface area contributed by atoms with Crippen molar-refractivity contribution in [1.29, 1.82) is 5.41 Å². The molecule has 59 heavy (non-hydrogen) atoms. The Morgan fingerprint density at radius 2 is 1.88 bits per heavy atom. The number of hydrogen-bond donors (Lipinski definition) is 9. The number of hydrogen-bond acceptors (Lipinski definition) is 13. The molecule has 316 valence electrons. The number of aliphatic hydroxyl groups excluding tert-OH is 3. The Labute approximate surface area is 347 Å². The highest BCUT2D eigenvalue weighted by molar-refractivity contribution is 7.22. The lowest BCUT2D eigenvalue weighted by Gasteiger charge is -3.02. The number of dihydropyridines is 1. The van der Waals surface area contributed by atoms with E-state index < -0.39 is 5.95 Å². The highest BCUT2D eigenvalue weighted by atomic mass is 32.1. The minimum atomic E-state index is -0.918. The molecule has 4 saturated carbocycles. The summed E-state index contributed by atoms with van der Waals surface area (Å²) in [6.45, 7) is 11.3. The van der Waals surface area contributed by atoms with Gasteiger partial charge < -0.3 is 52.2 Å². The second-order valence-electron chi connectivity index (χ2n) is 17.9. The van der Waals surface area contributed by atoms with Crippen molar-refractivity contribution < 1.29 is 29.6 Å². The summed E-state index contributed by atoms with van der Waals surface area (Å²) >= 11 is 1.11. The number of ether oxygens (including phenoxy) is 1. The van der Waals surface area contributed by atoms with Gasteiger partial charge in [0.05, 0.1) is 22.4 Å². The minimum absolute atomic E-state index is 0.0166. The van der Waals surface area contributed by atoms with Crippen LogP contribution in [0.1, 0.15) is 66.2 Å². The number of aromatic nitrogens is 1. The monoisotopic (exact) mass is 829 g/mol. The van der Waals surface area contributed by atoms with Crippen LogP contribution in [-0.2, 0) is 4.74 Å². The zero-order valence-electron chi connectivity index (χ0n) is 34.2. The molecule has 14 nitrogen and oxygen atoms in total. The average Bonchev–Trinajstić information content (AvgIpc) is 3.61. The van der Waals surface area contributed by atoms with Crippen LogP contribution >= 0.6 is 11.3 Å². The molecule has 1 aromatic heterocycles. The fourth-order valence-electron chi connectivity index (χ4n) is 13.0. The van der Waals surface area contributed by atoms with E-state index in [4.69, 9.17) is 21.2 Å². The van der Waals surface area contributed by atoms with Crippen molar-refractivity contribution in [1.82, 2.24) is 20.5 Å². The van der Waals surface area contributed by atoms with E-state index >= 15 is 0 Å². The van der Waals surface area contributed by atoms with Gasteiger partial charge in [0.25, 0.3) is 5.95 Å². The van der Waals surface area contributed by atoms with E-state index in [0.717, 1.165) is 37.0 Å². The smallest absolute Gasteiger partial charge is 0.299 e. The predicted octanol–water partition coefficient (Wildman–Crippen LogP) is 5.32. The molecule has 16 heteroatoms. The van der Waals surface area contributed by atoms with Crippen molar-refractivity contribution in [2.75, 3.05) is 46.0 Å². The third-order valence-corrected chi connectivity index (χ3v) is 15.4. The molecule has 2 aromatic rings. The Morgan fingerprint density at radius 3 is 2.53 bits per heavy atom. The van der Waals surface area contributed by atoms with Gasteiger partial charge in [-0.05, 0) is 93.1 Å². The van der Waals surface area contributed by atoms with Crippen LogP contribution in [-0.4, -0.2) is 99.3 Å². The number of halogens is 1. The maximum absolute atomic E-state index is 14.3. The van der Waals surface area contributed by atoms with Gasteiger partial charge in [-0.15, -0.1) is 0 Å². The fourth-order valence-corrected chi connectivity index (χ4v) is 13.8. The Morgan fingerprint density at radius 1 is 1.15 bits per heavy atom. The summed E-state index contributed by atoms with van der Waals surface area (Å²) in [4.78, 5) is 15.8. The third kappa shape index (κ3) is 5.99. The first kappa shape index (κ1) is 41.1. The predicted molar refractivity (Wildman–Crippen MR) is 228 cm³/mol. The molecular formula is C43H56FN9O5S. The van der Waals surface area contributed by atoms with Gasteiger partial charge >= 0.3 is 0 Å². The molecule has 0 amide bonds. The van der Waals surface area contributed by atoms with Gasteiger partial charge in [0.15, 0.2) is 0 Å². The van der Waals surface area contributed by atoms with Gasteiger partial charge in [0.1, 0.15) is 29.0 Å². The topological polar surface area (TPSA) is 231 Å². The molecule has 2 atom stereocenters. The van der Waals surface area contributed by atoms with Crippen molar-refractivity contribution >= 4 is 44.1 Å². The number of fused-ring (bicyclic) bond motifs is 1. The van der Waals surface area contributed by atoms with E-state index in [-0.39, 0.29) is 69.6 Å². The molecule has 0 radical (unpaired) electrons. The van der Waals surface area contributed by atoms with E-state index in [2.05, 4.69) is 34.5 Å². The standard InChI is InChI=1S/C43H56FN9O5S/c1-24(35(46)52-38-50-31-9-5-8-30(44)34(31)59-38)27-7-6-13-53(36(27)47)32-11-10-28(33(51-32)37(56)57)29(15-45)25(2)49-23-41-19-39(3)21-42(22-40(4,20-41)43(39,41)42)58-14-12-48-16-26(17-54)18-55/h5,8-11,15,26,47-48,51,54-57H,6-7,12-14,16-23,45H2,1-4H3,(H2,46,50,52). The van der Waals surface area contributed by atoms with Crippen molar-refractivity contribution in [3.63, 3.8) is 0 Å². The maximum Gasteiger partial charge on any atom is 0.299 e. The van der Waals surface area contributed by atoms with Crippen molar-refractivity contribution in [2.24, 2.45) is 49.0 Å². The van der Waals surface area contributed by atoms with E-state index in [1.54, 1.807) is 36.1 Å². The number of piperidine rings is 1. The second kappa shape index (κ2) is 14.8. The lowest BCUT2D eigenvalue weighted by Crippen LogP contribution is -3.01. The van der Waals surface area contributed by atoms with Crippen LogP contribution in [0.3, 0.4) is 0 Å². The van der Waals surface area contributed by atoms with E-state index in [1.165, 1.54) is 12.3 Å². The van der Waals surface area contributed by atoms with Gasteiger partial charge in [0, 0.05) is 84.8 Å². The summed E-state index contributed by atoms with van der Waals surface area (Å²) in [6, 6.07) is 4.69. The summed E-state index contributed by atoms with van der Waals surface area (Å²) in [5.74, 6) is -0.609. The van der Waals surface area contributed by atoms with E-state index in [9.17, 15) is 30.2 Å². The Hall–Kier alpha value is -4.61. The van der Waals surface area contributed by atoms with Crippen molar-refractivity contribution in [3.8, 4) is 0 Å². The van der Waals surface area contributed by atoms with Gasteiger partial charge in [-0.1, -0.05) is 31.3 Å². The highest BCUT2D eigenvalue weighted by Crippen LogP contribution is 3.03. The number of nitrogens with one attached hydrogen (secondary N) is 3. The quantitative estimate of drug-likeness (QED) is 0.0483. The number of nitrogens with two attached hydrogens (primary N) is 2. The summed E-state index contributed by atoms with van der Waals surface area (Å²) in [6.07, 6.45) is 10.5. The first-order chi connectivity index (χ1) is 28.1. The summed E-state index contributed by atoms with van der Waals surface area (Å²) in [5, 5.41) is 55.9. The number of rotatable bonds is 15. The minimum Gasteiger partial charge on any atom is -0.480 e. The zero-order chi connectivity index (χ0) is 42.1. The SMILES string of the molecule is CC(=NCC12CC3(C)CC4(OCCNCC(CO)CO)CC(C)(C1)C324)C(=CN)C1=CC=C(N2CCCC(=C(C)C(N)=Nc3nc4cccc(F)c4s3)C2=N)NC1=C(O)O. The van der Waals surface area contributed by atoms with Crippen molar-refractivity contribution in [3.05, 3.63) is 82.1 Å². The van der Waals surface area contributed by atoms with Crippen LogP contribution < -0.4 is 22.1 Å². The Bertz CT molecular complexity index is 2280. The Balaban J connectivity index is 0.977. The molecule has 1 aromatic carbocycles. The number of aliphatic hydroxyl groups is 4. The van der Waals surface area contributed by atoms with Crippen LogP contribution in [0.5, 0.6) is 0 Å². The van der Waals surface area contributed by atoms with Crippen molar-refractivity contribution in [2.45, 2.75) is 71.8 Å². The summed E-state index contributed by atoms with van der Waals surface area (Å²) in [7, 11) is 0. The maximum atomic E-state index is 14.3. The normalized spacial score (nSPS) is 32.3. The highest BCUT2D eigenvalue weighted by Gasteiger charge is 3.02. The third-order valence-electron chi connectivity index (χ3n) is 14.4. The molecule has 0 bridgehead atoms. The zero-order valence-corrected chi connectivity index (χ0v) is 35.0. The second-order valence-corrected chi connectivity index (χ2v) is 18.8. The molecular weight excluding hydrogens is 774 g/mol. The average molecular weight is 830 g/mol. The first-order valence-electron chi connectivity index (χ1n) is 20.4. The van der Waals surface area contributed by atoms with Crippen LogP contribution in [0.25, 0.3) is 10.2 Å². The van der Waals surface area contributed by atoms with Crippen LogP contribution in [0.4, 0.5) is 9.52 Å². The van der Waals surface area contributed by atoms with E-state index in [1.807, 2.05) is 6.92 Å². The number of aliphatic imine (C=N–C) groups is 2. The number of allylic oxidation sites excluding steroid dienone is 3. The van der Waals surface area contributed by atoms with Gasteiger partial charge in [-0.2, -0.15) is 0 Å².